The SMILES string of the molecule is COCCN(C(=O)CCNC(C)(C)C)C1CCSC1. The number of hydrogen-bond acceptors (Lipinski definition) is 4. The van der Waals surface area contributed by atoms with E-state index in [4.69, 9.17) is 4.74 Å². The van der Waals surface area contributed by atoms with Crippen molar-refractivity contribution < 1.29 is 9.53 Å². The van der Waals surface area contributed by atoms with E-state index in [2.05, 4.69) is 26.1 Å². The summed E-state index contributed by atoms with van der Waals surface area (Å²) in [7, 11) is 1.69. The van der Waals surface area contributed by atoms with Crippen molar-refractivity contribution in [3.63, 3.8) is 0 Å². The van der Waals surface area contributed by atoms with Gasteiger partial charge in [0.15, 0.2) is 0 Å². The van der Waals surface area contributed by atoms with Crippen molar-refractivity contribution >= 4 is 17.7 Å². The van der Waals surface area contributed by atoms with Gasteiger partial charge in [-0.2, -0.15) is 11.8 Å². The monoisotopic (exact) mass is 288 g/mol. The summed E-state index contributed by atoms with van der Waals surface area (Å²) >= 11 is 1.94. The van der Waals surface area contributed by atoms with E-state index >= 15 is 0 Å². The molecule has 1 aliphatic rings. The van der Waals surface area contributed by atoms with Crippen LogP contribution in [0.2, 0.25) is 0 Å². The Morgan fingerprint density at radius 2 is 2.21 bits per heavy atom. The molecule has 1 rings (SSSR count). The van der Waals surface area contributed by atoms with Gasteiger partial charge in [0.2, 0.25) is 5.91 Å². The molecule has 1 saturated heterocycles. The van der Waals surface area contributed by atoms with Crippen LogP contribution in [0.3, 0.4) is 0 Å². The van der Waals surface area contributed by atoms with Crippen LogP contribution >= 0.6 is 11.8 Å². The Kier molecular flexibility index (Phi) is 7.18. The van der Waals surface area contributed by atoms with Crippen LogP contribution in [0.15, 0.2) is 0 Å². The summed E-state index contributed by atoms with van der Waals surface area (Å²) in [6.07, 6.45) is 1.69. The number of methoxy groups -OCH3 is 1. The summed E-state index contributed by atoms with van der Waals surface area (Å²) in [6.45, 7) is 8.44. The molecule has 0 radical (unpaired) electrons. The van der Waals surface area contributed by atoms with Gasteiger partial charge in [-0.3, -0.25) is 4.79 Å². The average Bonchev–Trinajstić information content (AvgIpc) is 2.81. The first-order chi connectivity index (χ1) is 8.94. The highest BCUT2D eigenvalue weighted by atomic mass is 32.2. The third-order valence-electron chi connectivity index (χ3n) is 3.20. The average molecular weight is 288 g/mol. The Morgan fingerprint density at radius 3 is 2.74 bits per heavy atom. The number of rotatable bonds is 7. The van der Waals surface area contributed by atoms with E-state index in [1.54, 1.807) is 7.11 Å². The summed E-state index contributed by atoms with van der Waals surface area (Å²) in [6, 6.07) is 0.405. The summed E-state index contributed by atoms with van der Waals surface area (Å²) in [5.74, 6) is 2.49. The smallest absolute Gasteiger partial charge is 0.224 e. The lowest BCUT2D eigenvalue weighted by Gasteiger charge is -2.29. The van der Waals surface area contributed by atoms with Crippen LogP contribution in [0.5, 0.6) is 0 Å². The minimum Gasteiger partial charge on any atom is -0.383 e. The zero-order chi connectivity index (χ0) is 14.3. The Bertz CT molecular complexity index is 273. The largest absolute Gasteiger partial charge is 0.383 e. The molecule has 5 heteroatoms. The quantitative estimate of drug-likeness (QED) is 0.775. The second kappa shape index (κ2) is 8.12. The summed E-state index contributed by atoms with van der Waals surface area (Å²) in [4.78, 5) is 14.4. The fourth-order valence-corrected chi connectivity index (χ4v) is 3.38. The first-order valence-electron chi connectivity index (χ1n) is 7.05. The number of nitrogens with zero attached hydrogens (tertiary/aromatic N) is 1. The molecule has 0 aliphatic carbocycles. The number of amides is 1. The predicted molar refractivity (Wildman–Crippen MR) is 81.7 cm³/mol. The third-order valence-corrected chi connectivity index (χ3v) is 4.34. The fraction of sp³-hybridized carbons (Fsp3) is 0.929. The van der Waals surface area contributed by atoms with Gasteiger partial charge in [-0.1, -0.05) is 0 Å². The molecule has 0 bridgehead atoms. The van der Waals surface area contributed by atoms with Gasteiger partial charge < -0.3 is 15.0 Å². The highest BCUT2D eigenvalue weighted by molar-refractivity contribution is 7.99. The van der Waals surface area contributed by atoms with Crippen LogP contribution in [-0.2, 0) is 9.53 Å². The fourth-order valence-electron chi connectivity index (χ4n) is 2.16. The van der Waals surface area contributed by atoms with Crippen molar-refractivity contribution in [1.82, 2.24) is 10.2 Å². The molecule has 1 heterocycles. The van der Waals surface area contributed by atoms with Crippen molar-refractivity contribution in [3.8, 4) is 0 Å². The normalized spacial score (nSPS) is 19.7. The predicted octanol–water partition coefficient (Wildman–Crippen LogP) is 1.75. The van der Waals surface area contributed by atoms with Crippen LogP contribution in [0, 0.1) is 0 Å². The second-order valence-electron chi connectivity index (χ2n) is 6.02. The number of ether oxygens (including phenoxy) is 1. The van der Waals surface area contributed by atoms with E-state index in [-0.39, 0.29) is 11.4 Å². The van der Waals surface area contributed by atoms with E-state index in [9.17, 15) is 4.79 Å². The van der Waals surface area contributed by atoms with Crippen molar-refractivity contribution in [3.05, 3.63) is 0 Å². The maximum atomic E-state index is 12.3. The Morgan fingerprint density at radius 1 is 1.47 bits per heavy atom. The molecule has 1 N–H and O–H groups in total. The van der Waals surface area contributed by atoms with Gasteiger partial charge in [0.1, 0.15) is 0 Å². The molecule has 0 saturated carbocycles. The maximum Gasteiger partial charge on any atom is 0.224 e. The first kappa shape index (κ1) is 16.8. The van der Waals surface area contributed by atoms with Gasteiger partial charge in [-0.25, -0.2) is 0 Å². The molecular formula is C14H28N2O2S. The third kappa shape index (κ3) is 6.63. The van der Waals surface area contributed by atoms with Crippen molar-refractivity contribution in [1.29, 1.82) is 0 Å². The van der Waals surface area contributed by atoms with Gasteiger partial charge in [0.25, 0.3) is 0 Å². The number of nitrogens with one attached hydrogen (secondary N) is 1. The lowest BCUT2D eigenvalue weighted by Crippen LogP contribution is -2.44. The van der Waals surface area contributed by atoms with Crippen molar-refractivity contribution in [2.24, 2.45) is 0 Å². The Balaban J connectivity index is 2.41. The molecule has 112 valence electrons. The van der Waals surface area contributed by atoms with Crippen LogP contribution in [0.4, 0.5) is 0 Å². The Hall–Kier alpha value is -0.260. The zero-order valence-corrected chi connectivity index (χ0v) is 13.5. The summed E-state index contributed by atoms with van der Waals surface area (Å²) in [5, 5.41) is 3.37. The minimum atomic E-state index is 0.0703. The molecule has 1 aliphatic heterocycles. The van der Waals surface area contributed by atoms with Gasteiger partial charge in [0.05, 0.1) is 6.61 Å². The maximum absolute atomic E-state index is 12.3. The van der Waals surface area contributed by atoms with Gasteiger partial charge in [-0.15, -0.1) is 0 Å². The van der Waals surface area contributed by atoms with Gasteiger partial charge in [-0.05, 0) is 32.9 Å². The topological polar surface area (TPSA) is 41.6 Å². The molecule has 1 unspecified atom stereocenters. The lowest BCUT2D eigenvalue weighted by atomic mass is 10.1. The molecular weight excluding hydrogens is 260 g/mol. The number of carbonyl (C=O) groups is 1. The highest BCUT2D eigenvalue weighted by Gasteiger charge is 2.26. The minimum absolute atomic E-state index is 0.0703. The van der Waals surface area contributed by atoms with E-state index < -0.39 is 0 Å². The molecule has 0 aromatic heterocycles. The van der Waals surface area contributed by atoms with E-state index in [0.717, 1.165) is 25.3 Å². The number of hydrogen-bond donors (Lipinski definition) is 1. The molecule has 1 atom stereocenters. The lowest BCUT2D eigenvalue weighted by molar-refractivity contribution is -0.133. The first-order valence-corrected chi connectivity index (χ1v) is 8.20. The second-order valence-corrected chi connectivity index (χ2v) is 7.17. The van der Waals surface area contributed by atoms with Crippen LogP contribution in [0.1, 0.15) is 33.6 Å². The highest BCUT2D eigenvalue weighted by Crippen LogP contribution is 2.22. The standard InChI is InChI=1S/C14H28N2O2S/c1-14(2,3)15-7-5-13(17)16(8-9-18-4)12-6-10-19-11-12/h12,15H,5-11H2,1-4H3. The number of carbonyl (C=O) groups excluding carboxylic acids is 1. The van der Waals surface area contributed by atoms with Gasteiger partial charge >= 0.3 is 0 Å². The molecule has 0 aromatic rings. The van der Waals surface area contributed by atoms with Crippen LogP contribution < -0.4 is 5.32 Å². The Labute approximate surface area is 121 Å². The molecule has 19 heavy (non-hydrogen) atoms. The molecule has 1 fully saturated rings. The van der Waals surface area contributed by atoms with Crippen molar-refractivity contribution in [2.75, 3.05) is 38.3 Å². The molecule has 0 aromatic carbocycles. The van der Waals surface area contributed by atoms with E-state index in [1.807, 2.05) is 16.7 Å². The zero-order valence-electron chi connectivity index (χ0n) is 12.7. The van der Waals surface area contributed by atoms with E-state index in [1.165, 1.54) is 5.75 Å². The summed E-state index contributed by atoms with van der Waals surface area (Å²) < 4.78 is 5.12. The van der Waals surface area contributed by atoms with Crippen LogP contribution in [0.25, 0.3) is 0 Å². The van der Waals surface area contributed by atoms with E-state index in [0.29, 0.717) is 19.1 Å². The van der Waals surface area contributed by atoms with Crippen molar-refractivity contribution in [2.45, 2.75) is 45.2 Å². The number of thioether (sulfide) groups is 1. The molecule has 1 amide bonds. The van der Waals surface area contributed by atoms with Crippen LogP contribution in [-0.4, -0.2) is 60.7 Å². The molecule has 0 spiro atoms. The van der Waals surface area contributed by atoms with Gasteiger partial charge in [0, 0.05) is 44.0 Å². The molecule has 4 nitrogen and oxygen atoms in total. The summed E-state index contributed by atoms with van der Waals surface area (Å²) in [5.41, 5.74) is 0.0703.